The first-order valence-corrected chi connectivity index (χ1v) is 4.82. The summed E-state index contributed by atoms with van der Waals surface area (Å²) in [5, 5.41) is 0. The molecule has 0 aromatic rings. The van der Waals surface area contributed by atoms with Crippen LogP contribution in [0.1, 0.15) is 34.6 Å². The minimum absolute atomic E-state index is 0.0510. The zero-order valence-electron chi connectivity index (χ0n) is 9.92. The Kier molecular flexibility index (Phi) is 3.89. The van der Waals surface area contributed by atoms with Gasteiger partial charge in [-0.3, -0.25) is 4.79 Å². The Morgan fingerprint density at radius 2 is 1.79 bits per heavy atom. The normalized spacial score (nSPS) is 12.4. The Hall–Kier alpha value is -0.830. The minimum Gasteiger partial charge on any atom is -0.333 e. The van der Waals surface area contributed by atoms with Crippen molar-refractivity contribution in [3.8, 4) is 0 Å². The van der Waals surface area contributed by atoms with Crippen LogP contribution in [0.5, 0.6) is 0 Å². The van der Waals surface area contributed by atoms with Crippen LogP contribution in [-0.4, -0.2) is 28.4 Å². The molecule has 0 saturated heterocycles. The average Bonchev–Trinajstić information content (AvgIpc) is 1.94. The fraction of sp³-hybridized carbons (Fsp3) is 0.727. The first-order valence-electron chi connectivity index (χ1n) is 4.82. The molecule has 0 aromatic heterocycles. The predicted molar refractivity (Wildman–Crippen MR) is 59.9 cm³/mol. The van der Waals surface area contributed by atoms with E-state index in [4.69, 9.17) is 5.73 Å². The molecule has 14 heavy (non-hydrogen) atoms. The number of carbonyl (C=O) groups is 1. The molecule has 0 bridgehead atoms. The van der Waals surface area contributed by atoms with Crippen LogP contribution in [0.4, 0.5) is 0 Å². The molecule has 0 saturated carbocycles. The molecule has 82 valence electrons. The molecule has 0 unspecified atom stereocenters. The van der Waals surface area contributed by atoms with Gasteiger partial charge in [-0.15, -0.1) is 6.58 Å². The molecule has 3 nitrogen and oxygen atoms in total. The smallest absolute Gasteiger partial charge is 0.242 e. The van der Waals surface area contributed by atoms with Gasteiger partial charge >= 0.3 is 0 Å². The van der Waals surface area contributed by atoms with E-state index in [1.165, 1.54) is 0 Å². The van der Waals surface area contributed by atoms with Crippen LogP contribution in [0.15, 0.2) is 12.7 Å². The van der Waals surface area contributed by atoms with Crippen LogP contribution in [0.2, 0.25) is 0 Å². The number of nitrogens with two attached hydrogens (primary N) is 1. The second-order valence-electron chi connectivity index (χ2n) is 5.10. The van der Waals surface area contributed by atoms with E-state index in [0.29, 0.717) is 6.54 Å². The summed E-state index contributed by atoms with van der Waals surface area (Å²) >= 11 is 0. The molecular weight excluding hydrogens is 176 g/mol. The van der Waals surface area contributed by atoms with Gasteiger partial charge < -0.3 is 10.6 Å². The molecule has 0 heterocycles. The van der Waals surface area contributed by atoms with E-state index in [-0.39, 0.29) is 11.4 Å². The van der Waals surface area contributed by atoms with Gasteiger partial charge in [0.25, 0.3) is 0 Å². The molecule has 2 N–H and O–H groups in total. The molecule has 0 fully saturated rings. The van der Waals surface area contributed by atoms with Gasteiger partial charge in [-0.2, -0.15) is 0 Å². The number of hydrogen-bond donors (Lipinski definition) is 1. The summed E-state index contributed by atoms with van der Waals surface area (Å²) in [7, 11) is 0. The predicted octanol–water partition coefficient (Wildman–Crippen LogP) is 1.54. The molecule has 0 rings (SSSR count). The van der Waals surface area contributed by atoms with Crippen molar-refractivity contribution in [1.29, 1.82) is 0 Å². The quantitative estimate of drug-likeness (QED) is 0.699. The molecule has 0 aromatic carbocycles. The zero-order valence-corrected chi connectivity index (χ0v) is 9.92. The first kappa shape index (κ1) is 13.2. The SMILES string of the molecule is C=CCN(C(=O)C(C)(C)N)C(C)(C)C. The van der Waals surface area contributed by atoms with Gasteiger partial charge in [0, 0.05) is 12.1 Å². The number of hydrogen-bond acceptors (Lipinski definition) is 2. The lowest BCUT2D eigenvalue weighted by molar-refractivity contribution is -0.139. The van der Waals surface area contributed by atoms with Gasteiger partial charge in [-0.25, -0.2) is 0 Å². The molecule has 0 spiro atoms. The second-order valence-corrected chi connectivity index (χ2v) is 5.10. The van der Waals surface area contributed by atoms with Crippen LogP contribution >= 0.6 is 0 Å². The molecule has 1 amide bonds. The minimum atomic E-state index is -0.823. The molecule has 0 aliphatic heterocycles. The highest BCUT2D eigenvalue weighted by Gasteiger charge is 2.33. The Balaban J connectivity index is 4.85. The maximum atomic E-state index is 12.0. The lowest BCUT2D eigenvalue weighted by Gasteiger charge is -2.38. The van der Waals surface area contributed by atoms with Crippen molar-refractivity contribution in [3.05, 3.63) is 12.7 Å². The molecule has 0 aliphatic rings. The third-order valence-electron chi connectivity index (χ3n) is 1.92. The summed E-state index contributed by atoms with van der Waals surface area (Å²) in [5.74, 6) is -0.0510. The molecule has 3 heteroatoms. The summed E-state index contributed by atoms with van der Waals surface area (Å²) in [6, 6.07) is 0. The van der Waals surface area contributed by atoms with E-state index in [1.807, 2.05) is 20.8 Å². The number of rotatable bonds is 3. The van der Waals surface area contributed by atoms with Crippen molar-refractivity contribution in [2.45, 2.75) is 45.7 Å². The fourth-order valence-electron chi connectivity index (χ4n) is 1.14. The van der Waals surface area contributed by atoms with Crippen molar-refractivity contribution < 1.29 is 4.79 Å². The van der Waals surface area contributed by atoms with Gasteiger partial charge in [-0.05, 0) is 34.6 Å². The van der Waals surface area contributed by atoms with Crippen molar-refractivity contribution >= 4 is 5.91 Å². The number of nitrogens with zero attached hydrogens (tertiary/aromatic N) is 1. The van der Waals surface area contributed by atoms with Crippen molar-refractivity contribution in [2.24, 2.45) is 5.73 Å². The maximum absolute atomic E-state index is 12.0. The monoisotopic (exact) mass is 198 g/mol. The van der Waals surface area contributed by atoms with Crippen molar-refractivity contribution in [1.82, 2.24) is 4.90 Å². The van der Waals surface area contributed by atoms with E-state index in [9.17, 15) is 4.79 Å². The summed E-state index contributed by atoms with van der Waals surface area (Å²) in [5.41, 5.74) is 4.74. The van der Waals surface area contributed by atoms with Gasteiger partial charge in [-0.1, -0.05) is 6.08 Å². The third kappa shape index (κ3) is 3.50. The Morgan fingerprint density at radius 3 is 2.00 bits per heavy atom. The average molecular weight is 198 g/mol. The second kappa shape index (κ2) is 4.13. The summed E-state index contributed by atoms with van der Waals surface area (Å²) in [6.45, 7) is 13.6. The van der Waals surface area contributed by atoms with E-state index in [0.717, 1.165) is 0 Å². The number of amides is 1. The van der Waals surface area contributed by atoms with E-state index in [1.54, 1.807) is 24.8 Å². The van der Waals surface area contributed by atoms with Gasteiger partial charge in [0.15, 0.2) is 0 Å². The van der Waals surface area contributed by atoms with Crippen LogP contribution in [0.25, 0.3) is 0 Å². The Labute approximate surface area is 87.0 Å². The molecule has 0 aliphatic carbocycles. The van der Waals surface area contributed by atoms with Crippen LogP contribution in [-0.2, 0) is 4.79 Å². The van der Waals surface area contributed by atoms with Gasteiger partial charge in [0.2, 0.25) is 5.91 Å². The van der Waals surface area contributed by atoms with Crippen molar-refractivity contribution in [2.75, 3.05) is 6.54 Å². The first-order chi connectivity index (χ1) is 6.10. The Bertz CT molecular complexity index is 220. The highest BCUT2D eigenvalue weighted by Crippen LogP contribution is 2.17. The summed E-state index contributed by atoms with van der Waals surface area (Å²) in [6.07, 6.45) is 1.72. The zero-order chi connectivity index (χ0) is 11.6. The maximum Gasteiger partial charge on any atom is 0.242 e. The van der Waals surface area contributed by atoms with E-state index >= 15 is 0 Å². The largest absolute Gasteiger partial charge is 0.333 e. The van der Waals surface area contributed by atoms with E-state index in [2.05, 4.69) is 6.58 Å². The topological polar surface area (TPSA) is 46.3 Å². The Morgan fingerprint density at radius 1 is 1.36 bits per heavy atom. The molecule has 0 atom stereocenters. The fourth-order valence-corrected chi connectivity index (χ4v) is 1.14. The molecule has 0 radical (unpaired) electrons. The third-order valence-corrected chi connectivity index (χ3v) is 1.92. The van der Waals surface area contributed by atoms with Crippen LogP contribution in [0.3, 0.4) is 0 Å². The highest BCUT2D eigenvalue weighted by molar-refractivity contribution is 5.85. The van der Waals surface area contributed by atoms with Crippen LogP contribution < -0.4 is 5.73 Å². The number of carbonyl (C=O) groups excluding carboxylic acids is 1. The van der Waals surface area contributed by atoms with Gasteiger partial charge in [0.1, 0.15) is 0 Å². The lowest BCUT2D eigenvalue weighted by Crippen LogP contribution is -2.57. The summed E-state index contributed by atoms with van der Waals surface area (Å²) < 4.78 is 0. The standard InChI is InChI=1S/C11H22N2O/c1-7-8-13(10(2,3)4)9(14)11(5,6)12/h7H,1,8,12H2,2-6H3. The molecular formula is C11H22N2O. The summed E-state index contributed by atoms with van der Waals surface area (Å²) in [4.78, 5) is 13.7. The van der Waals surface area contributed by atoms with Crippen molar-refractivity contribution in [3.63, 3.8) is 0 Å². The van der Waals surface area contributed by atoms with Gasteiger partial charge in [0.05, 0.1) is 5.54 Å². The highest BCUT2D eigenvalue weighted by atomic mass is 16.2. The lowest BCUT2D eigenvalue weighted by atomic mass is 9.99. The van der Waals surface area contributed by atoms with E-state index < -0.39 is 5.54 Å². The van der Waals surface area contributed by atoms with Crippen LogP contribution in [0, 0.1) is 0 Å².